The molecule has 1 aromatic heterocycles. The number of nitrogens with one attached hydrogen (secondary N) is 1. The molecular formula is C16H17F3N4O. The monoisotopic (exact) mass is 338 g/mol. The van der Waals surface area contributed by atoms with Crippen LogP contribution in [0, 0.1) is 0 Å². The van der Waals surface area contributed by atoms with E-state index in [0.29, 0.717) is 18.7 Å². The van der Waals surface area contributed by atoms with E-state index < -0.39 is 11.7 Å². The summed E-state index contributed by atoms with van der Waals surface area (Å²) < 4.78 is 38.1. The summed E-state index contributed by atoms with van der Waals surface area (Å²) in [5, 5.41) is 2.69. The third-order valence-electron chi connectivity index (χ3n) is 3.40. The maximum Gasteiger partial charge on any atom is 0.416 e. The first-order valence-electron chi connectivity index (χ1n) is 7.40. The number of benzene rings is 1. The molecule has 8 heteroatoms. The van der Waals surface area contributed by atoms with E-state index in [9.17, 15) is 18.0 Å². The highest BCUT2D eigenvalue weighted by Gasteiger charge is 2.30. The molecule has 0 bridgehead atoms. The van der Waals surface area contributed by atoms with Crippen LogP contribution in [0.2, 0.25) is 0 Å². The van der Waals surface area contributed by atoms with Gasteiger partial charge >= 0.3 is 6.18 Å². The molecule has 0 aliphatic rings. The fourth-order valence-corrected chi connectivity index (χ4v) is 2.10. The Morgan fingerprint density at radius 1 is 1.17 bits per heavy atom. The van der Waals surface area contributed by atoms with Crippen LogP contribution in [-0.4, -0.2) is 33.9 Å². The average Bonchev–Trinajstić information content (AvgIpc) is 2.56. The topological polar surface area (TPSA) is 58.1 Å². The largest absolute Gasteiger partial charge is 0.416 e. The van der Waals surface area contributed by atoms with Crippen molar-refractivity contribution in [3.8, 4) is 0 Å². The maximum absolute atomic E-state index is 12.7. The molecule has 1 amide bonds. The lowest BCUT2D eigenvalue weighted by Crippen LogP contribution is -2.30. The lowest BCUT2D eigenvalue weighted by Gasteiger charge is -2.18. The van der Waals surface area contributed by atoms with E-state index in [4.69, 9.17) is 0 Å². The van der Waals surface area contributed by atoms with Crippen LogP contribution < -0.4 is 5.32 Å². The van der Waals surface area contributed by atoms with Gasteiger partial charge in [-0.15, -0.1) is 0 Å². The predicted octanol–water partition coefficient (Wildman–Crippen LogP) is 3.72. The van der Waals surface area contributed by atoms with Gasteiger partial charge in [-0.25, -0.2) is 9.97 Å². The van der Waals surface area contributed by atoms with Crippen molar-refractivity contribution in [1.29, 1.82) is 0 Å². The smallest absolute Gasteiger partial charge is 0.339 e. The lowest BCUT2D eigenvalue weighted by atomic mass is 10.2. The molecule has 24 heavy (non-hydrogen) atoms. The number of alkyl halides is 3. The molecule has 0 aliphatic carbocycles. The van der Waals surface area contributed by atoms with Crippen molar-refractivity contribution in [3.63, 3.8) is 0 Å². The third-order valence-corrected chi connectivity index (χ3v) is 3.40. The molecule has 0 radical (unpaired) electrons. The Kier molecular flexibility index (Phi) is 5.38. The van der Waals surface area contributed by atoms with Crippen molar-refractivity contribution in [2.75, 3.05) is 18.4 Å². The highest BCUT2D eigenvalue weighted by molar-refractivity contribution is 5.93. The lowest BCUT2D eigenvalue weighted by molar-refractivity contribution is -0.137. The number of carbonyl (C=O) groups is 1. The second-order valence-electron chi connectivity index (χ2n) is 4.98. The van der Waals surface area contributed by atoms with E-state index in [1.807, 2.05) is 13.8 Å². The molecule has 0 saturated carbocycles. The number of carbonyl (C=O) groups excluding carboxylic acids is 1. The number of anilines is 2. The summed E-state index contributed by atoms with van der Waals surface area (Å²) in [6.45, 7) is 4.87. The van der Waals surface area contributed by atoms with Crippen LogP contribution in [0.1, 0.15) is 29.8 Å². The van der Waals surface area contributed by atoms with Gasteiger partial charge < -0.3 is 10.2 Å². The van der Waals surface area contributed by atoms with E-state index in [-0.39, 0.29) is 17.5 Å². The van der Waals surface area contributed by atoms with Gasteiger partial charge in [0.05, 0.1) is 11.1 Å². The Bertz CT molecular complexity index is 697. The second-order valence-corrected chi connectivity index (χ2v) is 4.98. The van der Waals surface area contributed by atoms with E-state index in [1.165, 1.54) is 24.5 Å². The minimum absolute atomic E-state index is 0.116. The minimum atomic E-state index is -4.42. The highest BCUT2D eigenvalue weighted by atomic mass is 19.4. The number of hydrogen-bond donors (Lipinski definition) is 1. The van der Waals surface area contributed by atoms with Crippen molar-refractivity contribution < 1.29 is 18.0 Å². The molecule has 1 aromatic carbocycles. The summed E-state index contributed by atoms with van der Waals surface area (Å²) >= 11 is 0. The summed E-state index contributed by atoms with van der Waals surface area (Å²) in [4.78, 5) is 21.7. The van der Waals surface area contributed by atoms with Gasteiger partial charge in [-0.05, 0) is 32.0 Å². The van der Waals surface area contributed by atoms with Crippen molar-refractivity contribution >= 4 is 17.5 Å². The summed E-state index contributed by atoms with van der Waals surface area (Å²) in [6, 6.07) is 4.73. The van der Waals surface area contributed by atoms with Crippen LogP contribution in [0.3, 0.4) is 0 Å². The molecule has 1 heterocycles. The zero-order chi connectivity index (χ0) is 17.7. The molecule has 0 saturated heterocycles. The Labute approximate surface area is 137 Å². The van der Waals surface area contributed by atoms with Crippen LogP contribution in [0.4, 0.5) is 24.8 Å². The number of hydrogen-bond acceptors (Lipinski definition) is 4. The van der Waals surface area contributed by atoms with Gasteiger partial charge in [0.15, 0.2) is 0 Å². The molecule has 5 nitrogen and oxygen atoms in total. The Balaban J connectivity index is 2.14. The van der Waals surface area contributed by atoms with Crippen LogP contribution in [-0.2, 0) is 6.18 Å². The average molecular weight is 338 g/mol. The van der Waals surface area contributed by atoms with Crippen LogP contribution in [0.15, 0.2) is 36.7 Å². The molecule has 0 atom stereocenters. The molecule has 0 unspecified atom stereocenters. The van der Waals surface area contributed by atoms with Crippen molar-refractivity contribution in [2.45, 2.75) is 20.0 Å². The Hall–Kier alpha value is -2.64. The molecule has 1 N–H and O–H groups in total. The SMILES string of the molecule is CCN(CC)C(=O)c1cnc(Nc2cccc(C(F)(F)F)c2)nc1. The molecule has 0 spiro atoms. The van der Waals surface area contributed by atoms with E-state index in [2.05, 4.69) is 15.3 Å². The summed E-state index contributed by atoms with van der Waals surface area (Å²) in [7, 11) is 0. The molecule has 128 valence electrons. The summed E-state index contributed by atoms with van der Waals surface area (Å²) in [5.41, 5.74) is -0.221. The zero-order valence-corrected chi connectivity index (χ0v) is 13.3. The van der Waals surface area contributed by atoms with Crippen molar-refractivity contribution in [2.24, 2.45) is 0 Å². The summed E-state index contributed by atoms with van der Waals surface area (Å²) in [5.74, 6) is -0.0731. The van der Waals surface area contributed by atoms with E-state index >= 15 is 0 Å². The quantitative estimate of drug-likeness (QED) is 0.903. The number of rotatable bonds is 5. The minimum Gasteiger partial charge on any atom is -0.339 e. The Morgan fingerprint density at radius 3 is 2.33 bits per heavy atom. The fraction of sp³-hybridized carbons (Fsp3) is 0.312. The van der Waals surface area contributed by atoms with Gasteiger partial charge in [0.2, 0.25) is 5.95 Å². The van der Waals surface area contributed by atoms with Gasteiger partial charge in [-0.1, -0.05) is 6.07 Å². The van der Waals surface area contributed by atoms with Gasteiger partial charge in [-0.2, -0.15) is 13.2 Å². The predicted molar refractivity (Wildman–Crippen MR) is 84.0 cm³/mol. The van der Waals surface area contributed by atoms with E-state index in [0.717, 1.165) is 12.1 Å². The van der Waals surface area contributed by atoms with Gasteiger partial charge in [0, 0.05) is 31.2 Å². The van der Waals surface area contributed by atoms with Crippen LogP contribution >= 0.6 is 0 Å². The maximum atomic E-state index is 12.7. The van der Waals surface area contributed by atoms with Crippen molar-refractivity contribution in [3.05, 3.63) is 47.8 Å². The van der Waals surface area contributed by atoms with Crippen LogP contribution in [0.25, 0.3) is 0 Å². The second kappa shape index (κ2) is 7.29. The molecular weight excluding hydrogens is 321 g/mol. The first-order chi connectivity index (χ1) is 11.3. The standard InChI is InChI=1S/C16H17F3N4O/c1-3-23(4-2)14(24)11-9-20-15(21-10-11)22-13-7-5-6-12(8-13)16(17,18)19/h5-10H,3-4H2,1-2H3,(H,20,21,22). The molecule has 0 fully saturated rings. The Morgan fingerprint density at radius 2 is 1.79 bits per heavy atom. The first kappa shape index (κ1) is 17.7. The molecule has 2 rings (SSSR count). The van der Waals surface area contributed by atoms with Crippen LogP contribution in [0.5, 0.6) is 0 Å². The number of nitrogens with zero attached hydrogens (tertiary/aromatic N) is 3. The van der Waals surface area contributed by atoms with Gasteiger partial charge in [0.25, 0.3) is 5.91 Å². The highest BCUT2D eigenvalue weighted by Crippen LogP contribution is 2.31. The summed E-state index contributed by atoms with van der Waals surface area (Å²) in [6.07, 6.45) is -1.72. The van der Waals surface area contributed by atoms with Crippen molar-refractivity contribution in [1.82, 2.24) is 14.9 Å². The van der Waals surface area contributed by atoms with E-state index in [1.54, 1.807) is 4.90 Å². The number of aromatic nitrogens is 2. The number of halogens is 3. The first-order valence-corrected chi connectivity index (χ1v) is 7.40. The third kappa shape index (κ3) is 4.21. The normalized spacial score (nSPS) is 11.2. The van der Waals surface area contributed by atoms with Gasteiger partial charge in [-0.3, -0.25) is 4.79 Å². The fourth-order valence-electron chi connectivity index (χ4n) is 2.10. The number of amides is 1. The molecule has 2 aromatic rings. The zero-order valence-electron chi connectivity index (χ0n) is 13.3. The molecule has 0 aliphatic heterocycles. The van der Waals surface area contributed by atoms with Gasteiger partial charge in [0.1, 0.15) is 0 Å².